The molecule has 0 fully saturated rings. The topological polar surface area (TPSA) is 39.2 Å². The van der Waals surface area contributed by atoms with E-state index in [2.05, 4.69) is 4.98 Å². The Balaban J connectivity index is 2.07. The molecule has 3 nitrogen and oxygen atoms in total. The summed E-state index contributed by atoms with van der Waals surface area (Å²) in [6.45, 7) is 2.13. The van der Waals surface area contributed by atoms with Crippen LogP contribution in [0.1, 0.15) is 28.5 Å². The summed E-state index contributed by atoms with van der Waals surface area (Å²) in [5.41, 5.74) is 2.11. The summed E-state index contributed by atoms with van der Waals surface area (Å²) in [7, 11) is 0. The highest BCUT2D eigenvalue weighted by atomic mass is 19.1. The van der Waals surface area contributed by atoms with Crippen LogP contribution < -0.4 is 0 Å². The van der Waals surface area contributed by atoms with Crippen molar-refractivity contribution >= 4 is 18.1 Å². The Morgan fingerprint density at radius 1 is 1.20 bits per heavy atom. The second-order valence-electron chi connectivity index (χ2n) is 4.08. The van der Waals surface area contributed by atoms with Crippen LogP contribution in [0, 0.1) is 5.82 Å². The standard InChI is InChI=1S/C16H14FNO2/c1-2-20-16(19)13-6-3-12(4-7-13)5-9-15-10-8-14(17)11-18-15/h3-11H,2H2,1H3. The zero-order valence-electron chi connectivity index (χ0n) is 11.0. The smallest absolute Gasteiger partial charge is 0.338 e. The SMILES string of the molecule is CCOC(=O)c1ccc(C=Cc2ccc(F)cn2)cc1. The maximum atomic E-state index is 12.7. The molecule has 1 aromatic carbocycles. The van der Waals surface area contributed by atoms with Crippen molar-refractivity contribution in [1.29, 1.82) is 0 Å². The van der Waals surface area contributed by atoms with E-state index >= 15 is 0 Å². The van der Waals surface area contributed by atoms with Crippen LogP contribution in [-0.4, -0.2) is 17.6 Å². The van der Waals surface area contributed by atoms with Crippen LogP contribution in [0.3, 0.4) is 0 Å². The summed E-state index contributed by atoms with van der Waals surface area (Å²) in [6.07, 6.45) is 4.79. The van der Waals surface area contributed by atoms with Gasteiger partial charge in [0, 0.05) is 0 Å². The van der Waals surface area contributed by atoms with Crippen molar-refractivity contribution < 1.29 is 13.9 Å². The van der Waals surface area contributed by atoms with Gasteiger partial charge in [0.2, 0.25) is 0 Å². The minimum absolute atomic E-state index is 0.330. The summed E-state index contributed by atoms with van der Waals surface area (Å²) in [4.78, 5) is 15.4. The van der Waals surface area contributed by atoms with Gasteiger partial charge in [-0.1, -0.05) is 18.2 Å². The van der Waals surface area contributed by atoms with E-state index in [1.165, 1.54) is 12.3 Å². The number of carbonyl (C=O) groups excluding carboxylic acids is 1. The molecule has 0 aliphatic heterocycles. The van der Waals surface area contributed by atoms with Crippen molar-refractivity contribution in [3.63, 3.8) is 0 Å². The summed E-state index contributed by atoms with van der Waals surface area (Å²) < 4.78 is 17.6. The molecule has 1 aromatic heterocycles. The Kier molecular flexibility index (Phi) is 4.60. The zero-order valence-corrected chi connectivity index (χ0v) is 11.0. The van der Waals surface area contributed by atoms with Crippen molar-refractivity contribution in [3.05, 3.63) is 65.2 Å². The summed E-state index contributed by atoms with van der Waals surface area (Å²) in [6, 6.07) is 9.99. The fourth-order valence-electron chi connectivity index (χ4n) is 1.61. The van der Waals surface area contributed by atoms with Crippen LogP contribution in [0.4, 0.5) is 4.39 Å². The van der Waals surface area contributed by atoms with Crippen molar-refractivity contribution in [1.82, 2.24) is 4.98 Å². The van der Waals surface area contributed by atoms with Gasteiger partial charge in [0.15, 0.2) is 0 Å². The molecule has 0 amide bonds. The Labute approximate surface area is 116 Å². The molecule has 4 heteroatoms. The van der Waals surface area contributed by atoms with Crippen LogP contribution in [0.2, 0.25) is 0 Å². The van der Waals surface area contributed by atoms with Crippen LogP contribution in [0.5, 0.6) is 0 Å². The molecule has 0 saturated carbocycles. The van der Waals surface area contributed by atoms with E-state index in [4.69, 9.17) is 4.74 Å². The van der Waals surface area contributed by atoms with E-state index in [0.717, 1.165) is 5.56 Å². The van der Waals surface area contributed by atoms with Crippen molar-refractivity contribution in [3.8, 4) is 0 Å². The molecule has 0 spiro atoms. The van der Waals surface area contributed by atoms with E-state index in [-0.39, 0.29) is 11.8 Å². The molecule has 0 N–H and O–H groups in total. The van der Waals surface area contributed by atoms with Gasteiger partial charge in [-0.05, 0) is 42.8 Å². The van der Waals surface area contributed by atoms with E-state index in [0.29, 0.717) is 17.9 Å². The molecule has 20 heavy (non-hydrogen) atoms. The number of hydrogen-bond donors (Lipinski definition) is 0. The fourth-order valence-corrected chi connectivity index (χ4v) is 1.61. The van der Waals surface area contributed by atoms with Crippen LogP contribution in [0.15, 0.2) is 42.6 Å². The molecule has 102 valence electrons. The summed E-state index contributed by atoms with van der Waals surface area (Å²) in [5, 5.41) is 0. The second kappa shape index (κ2) is 6.61. The number of pyridine rings is 1. The Hall–Kier alpha value is -2.49. The molecular weight excluding hydrogens is 257 g/mol. The number of benzene rings is 1. The van der Waals surface area contributed by atoms with Gasteiger partial charge in [-0.15, -0.1) is 0 Å². The number of esters is 1. The molecule has 0 saturated heterocycles. The van der Waals surface area contributed by atoms with Gasteiger partial charge in [-0.25, -0.2) is 9.18 Å². The molecule has 1 heterocycles. The number of carbonyl (C=O) groups is 1. The minimum Gasteiger partial charge on any atom is -0.462 e. The second-order valence-corrected chi connectivity index (χ2v) is 4.08. The predicted molar refractivity (Wildman–Crippen MR) is 75.5 cm³/mol. The highest BCUT2D eigenvalue weighted by Gasteiger charge is 2.04. The number of halogens is 1. The molecule has 2 rings (SSSR count). The first kappa shape index (κ1) is 13.9. The van der Waals surface area contributed by atoms with Gasteiger partial charge in [-0.3, -0.25) is 4.98 Å². The first-order chi connectivity index (χ1) is 9.69. The van der Waals surface area contributed by atoms with Gasteiger partial charge in [-0.2, -0.15) is 0 Å². The average molecular weight is 271 g/mol. The van der Waals surface area contributed by atoms with E-state index < -0.39 is 0 Å². The van der Waals surface area contributed by atoms with E-state index in [1.807, 2.05) is 18.2 Å². The largest absolute Gasteiger partial charge is 0.462 e. The van der Waals surface area contributed by atoms with Crippen LogP contribution in [0.25, 0.3) is 12.2 Å². The molecule has 0 radical (unpaired) electrons. The number of rotatable bonds is 4. The Bertz CT molecular complexity index is 603. The number of hydrogen-bond acceptors (Lipinski definition) is 3. The third-order valence-electron chi connectivity index (χ3n) is 2.62. The first-order valence-electron chi connectivity index (χ1n) is 6.26. The molecule has 2 aromatic rings. The van der Waals surface area contributed by atoms with Gasteiger partial charge >= 0.3 is 5.97 Å². The maximum absolute atomic E-state index is 12.7. The normalized spacial score (nSPS) is 10.7. The lowest BCUT2D eigenvalue weighted by Crippen LogP contribution is -2.03. The third kappa shape index (κ3) is 3.75. The van der Waals surface area contributed by atoms with Gasteiger partial charge in [0.1, 0.15) is 5.82 Å². The number of aromatic nitrogens is 1. The lowest BCUT2D eigenvalue weighted by Gasteiger charge is -2.01. The van der Waals surface area contributed by atoms with Crippen molar-refractivity contribution in [2.45, 2.75) is 6.92 Å². The average Bonchev–Trinajstić information content (AvgIpc) is 2.47. The van der Waals surface area contributed by atoms with Gasteiger partial charge in [0.25, 0.3) is 0 Å². The fraction of sp³-hybridized carbons (Fsp3) is 0.125. The third-order valence-corrected chi connectivity index (χ3v) is 2.62. The molecule has 0 unspecified atom stereocenters. The molecule has 0 aliphatic rings. The lowest BCUT2D eigenvalue weighted by molar-refractivity contribution is 0.0526. The van der Waals surface area contributed by atoms with E-state index in [9.17, 15) is 9.18 Å². The minimum atomic E-state index is -0.360. The Morgan fingerprint density at radius 3 is 2.55 bits per heavy atom. The molecule has 0 bridgehead atoms. The summed E-state index contributed by atoms with van der Waals surface area (Å²) >= 11 is 0. The van der Waals surface area contributed by atoms with Crippen LogP contribution >= 0.6 is 0 Å². The molecule has 0 atom stereocenters. The van der Waals surface area contributed by atoms with Crippen molar-refractivity contribution in [2.75, 3.05) is 6.61 Å². The highest BCUT2D eigenvalue weighted by Crippen LogP contribution is 2.10. The van der Waals surface area contributed by atoms with Gasteiger partial charge in [0.05, 0.1) is 24.1 Å². The first-order valence-corrected chi connectivity index (χ1v) is 6.26. The molecule has 0 aliphatic carbocycles. The molecular formula is C16H14FNO2. The lowest BCUT2D eigenvalue weighted by atomic mass is 10.1. The van der Waals surface area contributed by atoms with Crippen LogP contribution in [-0.2, 0) is 4.74 Å². The predicted octanol–water partition coefficient (Wildman–Crippen LogP) is 3.57. The monoisotopic (exact) mass is 271 g/mol. The highest BCUT2D eigenvalue weighted by molar-refractivity contribution is 5.89. The number of ether oxygens (including phenoxy) is 1. The number of nitrogens with zero attached hydrogens (tertiary/aromatic N) is 1. The zero-order chi connectivity index (χ0) is 14.4. The van der Waals surface area contributed by atoms with Crippen molar-refractivity contribution in [2.24, 2.45) is 0 Å². The van der Waals surface area contributed by atoms with Gasteiger partial charge < -0.3 is 4.74 Å². The maximum Gasteiger partial charge on any atom is 0.338 e. The Morgan fingerprint density at radius 2 is 1.95 bits per heavy atom. The summed E-state index contributed by atoms with van der Waals surface area (Å²) in [5.74, 6) is -0.691. The quantitative estimate of drug-likeness (QED) is 0.798. The van der Waals surface area contributed by atoms with E-state index in [1.54, 1.807) is 31.2 Å².